The number of aromatic nitrogens is 1. The molecule has 0 aliphatic carbocycles. The minimum Gasteiger partial charge on any atom is -0.505 e. The molecule has 0 aliphatic rings. The number of fused-ring (bicyclic) bond motifs is 1. The zero-order valence-corrected chi connectivity index (χ0v) is 12.4. The zero-order chi connectivity index (χ0) is 14.9. The van der Waals surface area contributed by atoms with Gasteiger partial charge in [-0.1, -0.05) is 11.6 Å². The van der Waals surface area contributed by atoms with Gasteiger partial charge in [-0.3, -0.25) is 0 Å². The molecule has 5 nitrogen and oxygen atoms in total. The Morgan fingerprint density at radius 1 is 1.45 bits per heavy atom. The van der Waals surface area contributed by atoms with E-state index in [0.29, 0.717) is 17.0 Å². The fourth-order valence-corrected chi connectivity index (χ4v) is 2.32. The summed E-state index contributed by atoms with van der Waals surface area (Å²) in [6, 6.07) is 5.17. The lowest BCUT2D eigenvalue weighted by molar-refractivity contribution is 0.0585. The molecular weight excluding hydrogens is 280 g/mol. The molecule has 0 fully saturated rings. The molecule has 0 saturated carbocycles. The number of benzene rings is 1. The molecule has 0 aliphatic heterocycles. The van der Waals surface area contributed by atoms with Gasteiger partial charge in [-0.05, 0) is 32.3 Å². The van der Waals surface area contributed by atoms with Gasteiger partial charge in [0.2, 0.25) is 0 Å². The molecular formula is C14H17ClN2O3. The maximum Gasteiger partial charge on any atom is 0.358 e. The van der Waals surface area contributed by atoms with E-state index >= 15 is 0 Å². The van der Waals surface area contributed by atoms with Gasteiger partial charge in [0.05, 0.1) is 12.6 Å². The van der Waals surface area contributed by atoms with Crippen LogP contribution >= 0.6 is 11.6 Å². The van der Waals surface area contributed by atoms with Crippen molar-refractivity contribution in [3.05, 3.63) is 28.9 Å². The van der Waals surface area contributed by atoms with E-state index in [0.717, 1.165) is 12.1 Å². The molecule has 2 rings (SSSR count). The van der Waals surface area contributed by atoms with E-state index in [1.807, 2.05) is 19.0 Å². The van der Waals surface area contributed by atoms with Crippen molar-refractivity contribution in [1.82, 2.24) is 9.47 Å². The second-order valence-corrected chi connectivity index (χ2v) is 5.24. The predicted octanol–water partition coefficient (Wildman–Crippen LogP) is 2.35. The van der Waals surface area contributed by atoms with E-state index in [-0.39, 0.29) is 11.4 Å². The van der Waals surface area contributed by atoms with Crippen LogP contribution in [0, 0.1) is 0 Å². The third kappa shape index (κ3) is 2.59. The number of carbonyl (C=O) groups is 1. The van der Waals surface area contributed by atoms with Gasteiger partial charge in [0.25, 0.3) is 0 Å². The molecule has 108 valence electrons. The quantitative estimate of drug-likeness (QED) is 0.880. The lowest BCUT2D eigenvalue weighted by Crippen LogP contribution is -2.21. The zero-order valence-electron chi connectivity index (χ0n) is 11.7. The van der Waals surface area contributed by atoms with Crippen molar-refractivity contribution in [2.75, 3.05) is 27.7 Å². The lowest BCUT2D eigenvalue weighted by Gasteiger charge is -2.13. The molecule has 20 heavy (non-hydrogen) atoms. The van der Waals surface area contributed by atoms with Crippen LogP contribution in [0.2, 0.25) is 5.02 Å². The Morgan fingerprint density at radius 2 is 2.15 bits per heavy atom. The van der Waals surface area contributed by atoms with E-state index < -0.39 is 5.97 Å². The summed E-state index contributed by atoms with van der Waals surface area (Å²) in [5, 5.41) is 11.3. The molecule has 0 saturated heterocycles. The summed E-state index contributed by atoms with van der Waals surface area (Å²) in [5.74, 6) is -0.651. The molecule has 0 amide bonds. The first-order chi connectivity index (χ1) is 9.45. The number of nitrogens with zero attached hydrogens (tertiary/aromatic N) is 2. The summed E-state index contributed by atoms with van der Waals surface area (Å²) in [6.07, 6.45) is 0. The van der Waals surface area contributed by atoms with E-state index in [1.165, 1.54) is 7.11 Å². The minimum atomic E-state index is -0.562. The van der Waals surface area contributed by atoms with E-state index in [1.54, 1.807) is 22.8 Å². The number of rotatable bonds is 4. The SMILES string of the molecule is COC(=O)c1c(O)c2cc(Cl)ccc2n1CCN(C)C. The lowest BCUT2D eigenvalue weighted by atomic mass is 10.2. The van der Waals surface area contributed by atoms with Crippen molar-refractivity contribution in [3.8, 4) is 5.75 Å². The van der Waals surface area contributed by atoms with Crippen LogP contribution < -0.4 is 0 Å². The van der Waals surface area contributed by atoms with Gasteiger partial charge in [-0.25, -0.2) is 4.79 Å². The van der Waals surface area contributed by atoms with Crippen LogP contribution in [0.15, 0.2) is 18.2 Å². The topological polar surface area (TPSA) is 54.7 Å². The Labute approximate surface area is 122 Å². The normalized spacial score (nSPS) is 11.2. The molecule has 0 atom stereocenters. The fourth-order valence-electron chi connectivity index (χ4n) is 2.14. The van der Waals surface area contributed by atoms with Gasteiger partial charge in [0.1, 0.15) is 0 Å². The van der Waals surface area contributed by atoms with Gasteiger partial charge < -0.3 is 19.3 Å². The highest BCUT2D eigenvalue weighted by molar-refractivity contribution is 6.31. The maximum absolute atomic E-state index is 11.9. The van der Waals surface area contributed by atoms with Crippen molar-refractivity contribution in [2.24, 2.45) is 0 Å². The molecule has 1 heterocycles. The third-order valence-electron chi connectivity index (χ3n) is 3.15. The van der Waals surface area contributed by atoms with Gasteiger partial charge in [-0.15, -0.1) is 0 Å². The highest BCUT2D eigenvalue weighted by Crippen LogP contribution is 2.34. The van der Waals surface area contributed by atoms with Gasteiger partial charge in [-0.2, -0.15) is 0 Å². The van der Waals surface area contributed by atoms with E-state index in [4.69, 9.17) is 16.3 Å². The Balaban J connectivity index is 2.63. The number of carbonyl (C=O) groups excluding carboxylic acids is 1. The summed E-state index contributed by atoms with van der Waals surface area (Å²) >= 11 is 5.95. The molecule has 1 N–H and O–H groups in total. The van der Waals surface area contributed by atoms with Crippen LogP contribution in [0.1, 0.15) is 10.5 Å². The van der Waals surface area contributed by atoms with Gasteiger partial charge in [0, 0.05) is 23.5 Å². The number of methoxy groups -OCH3 is 1. The number of likely N-dealkylation sites (N-methyl/N-ethyl adjacent to an activating group) is 1. The van der Waals surface area contributed by atoms with Crippen LogP contribution in [0.4, 0.5) is 0 Å². The average Bonchev–Trinajstić information content (AvgIpc) is 2.68. The Morgan fingerprint density at radius 3 is 2.75 bits per heavy atom. The molecule has 1 aromatic carbocycles. The summed E-state index contributed by atoms with van der Waals surface area (Å²) in [5.41, 5.74) is 0.917. The maximum atomic E-state index is 11.9. The van der Waals surface area contributed by atoms with Crippen LogP contribution in [-0.4, -0.2) is 48.3 Å². The summed E-state index contributed by atoms with van der Waals surface area (Å²) in [7, 11) is 5.18. The van der Waals surface area contributed by atoms with Crippen LogP contribution in [0.3, 0.4) is 0 Å². The number of hydrogen-bond donors (Lipinski definition) is 1. The summed E-state index contributed by atoms with van der Waals surface area (Å²) < 4.78 is 6.51. The average molecular weight is 297 g/mol. The summed E-state index contributed by atoms with van der Waals surface area (Å²) in [4.78, 5) is 13.9. The van der Waals surface area contributed by atoms with Crippen LogP contribution in [0.25, 0.3) is 10.9 Å². The fraction of sp³-hybridized carbons (Fsp3) is 0.357. The molecule has 0 radical (unpaired) electrons. The number of ether oxygens (including phenoxy) is 1. The Bertz CT molecular complexity index is 649. The second-order valence-electron chi connectivity index (χ2n) is 4.81. The van der Waals surface area contributed by atoms with Crippen molar-refractivity contribution in [1.29, 1.82) is 0 Å². The second kappa shape index (κ2) is 5.73. The van der Waals surface area contributed by atoms with Crippen molar-refractivity contribution < 1.29 is 14.6 Å². The number of halogens is 1. The number of esters is 1. The van der Waals surface area contributed by atoms with Gasteiger partial charge >= 0.3 is 5.97 Å². The predicted molar refractivity (Wildman–Crippen MR) is 78.5 cm³/mol. The number of aromatic hydroxyl groups is 1. The highest BCUT2D eigenvalue weighted by atomic mass is 35.5. The van der Waals surface area contributed by atoms with Crippen LogP contribution in [0.5, 0.6) is 5.75 Å². The Hall–Kier alpha value is -1.72. The largest absolute Gasteiger partial charge is 0.505 e. The molecule has 1 aromatic heterocycles. The van der Waals surface area contributed by atoms with Crippen molar-refractivity contribution in [2.45, 2.75) is 6.54 Å². The third-order valence-corrected chi connectivity index (χ3v) is 3.38. The summed E-state index contributed by atoms with van der Waals surface area (Å²) in [6.45, 7) is 1.30. The first kappa shape index (κ1) is 14.7. The molecule has 0 bridgehead atoms. The molecule has 6 heteroatoms. The Kier molecular flexibility index (Phi) is 4.20. The smallest absolute Gasteiger partial charge is 0.358 e. The van der Waals surface area contributed by atoms with E-state index in [2.05, 4.69) is 0 Å². The van der Waals surface area contributed by atoms with Crippen molar-refractivity contribution in [3.63, 3.8) is 0 Å². The molecule has 2 aromatic rings. The minimum absolute atomic E-state index is 0.0897. The number of hydrogen-bond acceptors (Lipinski definition) is 4. The van der Waals surface area contributed by atoms with Crippen LogP contribution in [-0.2, 0) is 11.3 Å². The monoisotopic (exact) mass is 296 g/mol. The van der Waals surface area contributed by atoms with Crippen molar-refractivity contribution >= 4 is 28.5 Å². The standard InChI is InChI=1S/C14H17ClN2O3/c1-16(2)6-7-17-11-5-4-9(15)8-10(11)13(18)12(17)14(19)20-3/h4-5,8,18H,6-7H2,1-3H3. The first-order valence-corrected chi connectivity index (χ1v) is 6.57. The van der Waals surface area contributed by atoms with Gasteiger partial charge in [0.15, 0.2) is 11.4 Å². The molecule has 0 unspecified atom stereocenters. The first-order valence-electron chi connectivity index (χ1n) is 6.19. The highest BCUT2D eigenvalue weighted by Gasteiger charge is 2.23. The van der Waals surface area contributed by atoms with E-state index in [9.17, 15) is 9.90 Å². The molecule has 0 spiro atoms.